The van der Waals surface area contributed by atoms with Crippen LogP contribution in [0.1, 0.15) is 18.5 Å². The summed E-state index contributed by atoms with van der Waals surface area (Å²) in [5.74, 6) is -0.439. The molecule has 0 radical (unpaired) electrons. The van der Waals surface area contributed by atoms with Crippen molar-refractivity contribution < 1.29 is 9.90 Å². The van der Waals surface area contributed by atoms with Gasteiger partial charge in [-0.2, -0.15) is 0 Å². The summed E-state index contributed by atoms with van der Waals surface area (Å²) in [7, 11) is 0. The van der Waals surface area contributed by atoms with Crippen LogP contribution in [-0.2, 0) is 17.8 Å². The largest absolute Gasteiger partial charge is 0.481 e. The average Bonchev–Trinajstić information content (AvgIpc) is 2.46. The zero-order chi connectivity index (χ0) is 10.1. The molecule has 14 heavy (non-hydrogen) atoms. The number of carboxylic acid groups (broad SMARTS) is 1. The van der Waals surface area contributed by atoms with E-state index in [1.807, 2.05) is 6.20 Å². The predicted octanol–water partition coefficient (Wildman–Crippen LogP) is 1.68. The van der Waals surface area contributed by atoms with E-state index in [0.29, 0.717) is 0 Å². The third kappa shape index (κ3) is 1.82. The van der Waals surface area contributed by atoms with Crippen molar-refractivity contribution in [1.29, 1.82) is 0 Å². The fraction of sp³-hybridized carbons (Fsp3) is 0.556. The maximum Gasteiger partial charge on any atom is 0.303 e. The summed E-state index contributed by atoms with van der Waals surface area (Å²) >= 11 is 3.36. The van der Waals surface area contributed by atoms with E-state index in [4.69, 9.17) is 5.11 Å². The molecule has 0 saturated carbocycles. The third-order valence-corrected chi connectivity index (χ3v) is 3.24. The summed E-state index contributed by atoms with van der Waals surface area (Å²) in [5, 5.41) is 8.69. The highest BCUT2D eigenvalue weighted by atomic mass is 79.9. The maximum atomic E-state index is 10.6. The Bertz CT molecular complexity index is 362. The average molecular weight is 259 g/mol. The number of hydrogen-bond acceptors (Lipinski definition) is 2. The first-order valence-corrected chi connectivity index (χ1v) is 5.38. The van der Waals surface area contributed by atoms with Crippen LogP contribution >= 0.6 is 15.9 Å². The van der Waals surface area contributed by atoms with Crippen LogP contribution in [0.3, 0.4) is 0 Å². The van der Waals surface area contributed by atoms with Gasteiger partial charge in [0.15, 0.2) is 4.73 Å². The van der Waals surface area contributed by atoms with Gasteiger partial charge in [0.25, 0.3) is 0 Å². The van der Waals surface area contributed by atoms with Gasteiger partial charge in [-0.3, -0.25) is 4.79 Å². The molecule has 1 N–H and O–H groups in total. The number of aliphatic carboxylic acids is 1. The molecule has 76 valence electrons. The minimum atomic E-state index is -0.706. The molecule has 0 aliphatic carbocycles. The SMILES string of the molecule is O=C(O)CC1CCn2c(cnc2Br)C1. The molecule has 0 bridgehead atoms. The van der Waals surface area contributed by atoms with E-state index in [1.165, 1.54) is 0 Å². The summed E-state index contributed by atoms with van der Waals surface area (Å²) in [5.41, 5.74) is 1.13. The van der Waals surface area contributed by atoms with Crippen LogP contribution in [0.4, 0.5) is 0 Å². The second-order valence-corrected chi connectivity index (χ2v) is 4.34. The Morgan fingerprint density at radius 1 is 1.79 bits per heavy atom. The van der Waals surface area contributed by atoms with Gasteiger partial charge in [-0.05, 0) is 34.7 Å². The highest BCUT2D eigenvalue weighted by Crippen LogP contribution is 2.25. The number of nitrogens with zero attached hydrogens (tertiary/aromatic N) is 2. The maximum absolute atomic E-state index is 10.6. The quantitative estimate of drug-likeness (QED) is 0.879. The number of fused-ring (bicyclic) bond motifs is 1. The van der Waals surface area contributed by atoms with E-state index in [9.17, 15) is 4.79 Å². The van der Waals surface area contributed by atoms with Crippen molar-refractivity contribution in [2.75, 3.05) is 0 Å². The number of hydrogen-bond donors (Lipinski definition) is 1. The Labute approximate surface area is 90.1 Å². The normalized spacial score (nSPS) is 20.5. The zero-order valence-electron chi connectivity index (χ0n) is 7.61. The molecular weight excluding hydrogens is 248 g/mol. The van der Waals surface area contributed by atoms with Crippen LogP contribution in [0.15, 0.2) is 10.9 Å². The Morgan fingerprint density at radius 3 is 3.29 bits per heavy atom. The van der Waals surface area contributed by atoms with Crippen molar-refractivity contribution in [3.05, 3.63) is 16.6 Å². The Hall–Kier alpha value is -0.840. The number of halogens is 1. The van der Waals surface area contributed by atoms with Gasteiger partial charge < -0.3 is 9.67 Å². The van der Waals surface area contributed by atoms with Gasteiger partial charge >= 0.3 is 5.97 Å². The molecule has 0 amide bonds. The molecule has 1 aliphatic rings. The minimum Gasteiger partial charge on any atom is -0.481 e. The van der Waals surface area contributed by atoms with Gasteiger partial charge in [0.2, 0.25) is 0 Å². The lowest BCUT2D eigenvalue weighted by Crippen LogP contribution is -2.21. The molecule has 1 aliphatic heterocycles. The first-order chi connectivity index (χ1) is 6.66. The molecule has 2 rings (SSSR count). The van der Waals surface area contributed by atoms with E-state index < -0.39 is 5.97 Å². The minimum absolute atomic E-state index is 0.267. The van der Waals surface area contributed by atoms with Crippen molar-refractivity contribution in [3.63, 3.8) is 0 Å². The van der Waals surface area contributed by atoms with Gasteiger partial charge in [-0.15, -0.1) is 0 Å². The zero-order valence-corrected chi connectivity index (χ0v) is 9.20. The predicted molar refractivity (Wildman–Crippen MR) is 54.0 cm³/mol. The monoisotopic (exact) mass is 258 g/mol. The fourth-order valence-corrected chi connectivity index (χ4v) is 2.42. The first-order valence-electron chi connectivity index (χ1n) is 4.58. The van der Waals surface area contributed by atoms with Crippen LogP contribution in [0.2, 0.25) is 0 Å². The number of carboxylic acids is 1. The Balaban J connectivity index is 2.10. The van der Waals surface area contributed by atoms with E-state index >= 15 is 0 Å². The summed E-state index contributed by atoms with van der Waals surface area (Å²) < 4.78 is 2.94. The van der Waals surface area contributed by atoms with Crippen LogP contribution in [-0.4, -0.2) is 20.6 Å². The first kappa shape index (κ1) is 9.71. The molecule has 2 heterocycles. The van der Waals surface area contributed by atoms with Crippen LogP contribution < -0.4 is 0 Å². The topological polar surface area (TPSA) is 55.1 Å². The summed E-state index contributed by atoms with van der Waals surface area (Å²) in [6, 6.07) is 0. The second kappa shape index (κ2) is 3.73. The van der Waals surface area contributed by atoms with E-state index in [0.717, 1.165) is 29.8 Å². The molecule has 0 saturated heterocycles. The number of rotatable bonds is 2. The molecule has 1 unspecified atom stereocenters. The van der Waals surface area contributed by atoms with Crippen molar-refractivity contribution in [2.24, 2.45) is 5.92 Å². The summed E-state index contributed by atoms with van der Waals surface area (Å²) in [6.07, 6.45) is 3.83. The second-order valence-electron chi connectivity index (χ2n) is 3.63. The molecule has 0 spiro atoms. The molecular formula is C9H11BrN2O2. The molecule has 0 fully saturated rings. The van der Waals surface area contributed by atoms with E-state index in [1.54, 1.807) is 0 Å². The standard InChI is InChI=1S/C9H11BrN2O2/c10-9-11-5-7-3-6(4-8(13)14)1-2-12(7)9/h5-6H,1-4H2,(H,13,14). The van der Waals surface area contributed by atoms with Crippen molar-refractivity contribution in [2.45, 2.75) is 25.8 Å². The summed E-state index contributed by atoms with van der Waals surface area (Å²) in [4.78, 5) is 14.7. The van der Waals surface area contributed by atoms with Crippen molar-refractivity contribution in [1.82, 2.24) is 9.55 Å². The van der Waals surface area contributed by atoms with Crippen molar-refractivity contribution in [3.8, 4) is 0 Å². The smallest absolute Gasteiger partial charge is 0.303 e. The van der Waals surface area contributed by atoms with E-state index in [2.05, 4.69) is 25.5 Å². The van der Waals surface area contributed by atoms with Gasteiger partial charge in [0.1, 0.15) is 0 Å². The lowest BCUT2D eigenvalue weighted by molar-refractivity contribution is -0.138. The van der Waals surface area contributed by atoms with E-state index in [-0.39, 0.29) is 12.3 Å². The Kier molecular flexibility index (Phi) is 2.58. The number of carbonyl (C=O) groups is 1. The van der Waals surface area contributed by atoms with Crippen LogP contribution in [0, 0.1) is 5.92 Å². The highest BCUT2D eigenvalue weighted by Gasteiger charge is 2.22. The van der Waals surface area contributed by atoms with Crippen molar-refractivity contribution >= 4 is 21.9 Å². The molecule has 1 aromatic rings. The molecule has 4 nitrogen and oxygen atoms in total. The third-order valence-electron chi connectivity index (χ3n) is 2.61. The van der Waals surface area contributed by atoms with Gasteiger partial charge in [-0.25, -0.2) is 4.98 Å². The molecule has 1 atom stereocenters. The lowest BCUT2D eigenvalue weighted by Gasteiger charge is -2.22. The fourth-order valence-electron chi connectivity index (χ4n) is 1.92. The Morgan fingerprint density at radius 2 is 2.57 bits per heavy atom. The van der Waals surface area contributed by atoms with Crippen LogP contribution in [0.5, 0.6) is 0 Å². The molecule has 1 aromatic heterocycles. The lowest BCUT2D eigenvalue weighted by atomic mass is 9.93. The number of imidazole rings is 1. The highest BCUT2D eigenvalue weighted by molar-refractivity contribution is 9.10. The number of aromatic nitrogens is 2. The molecule has 5 heteroatoms. The van der Waals surface area contributed by atoms with Gasteiger partial charge in [0, 0.05) is 24.9 Å². The molecule has 0 aromatic carbocycles. The summed E-state index contributed by atoms with van der Waals surface area (Å²) in [6.45, 7) is 0.869. The van der Waals surface area contributed by atoms with Gasteiger partial charge in [-0.1, -0.05) is 0 Å². The van der Waals surface area contributed by atoms with Crippen LogP contribution in [0.25, 0.3) is 0 Å². The van der Waals surface area contributed by atoms with Gasteiger partial charge in [0.05, 0.1) is 0 Å².